The highest BCUT2D eigenvalue weighted by Crippen LogP contribution is 2.27. The second-order valence-corrected chi connectivity index (χ2v) is 11.3. The second-order valence-electron chi connectivity index (χ2n) is 1.98. The van der Waals surface area contributed by atoms with Crippen molar-refractivity contribution in [3.05, 3.63) is 0 Å². The molecule has 0 aromatic rings. The first-order chi connectivity index (χ1) is 4.56. The van der Waals surface area contributed by atoms with Gasteiger partial charge < -0.3 is 0 Å². The predicted molar refractivity (Wildman–Crippen MR) is 47.6 cm³/mol. The van der Waals surface area contributed by atoms with E-state index >= 15 is 0 Å². The van der Waals surface area contributed by atoms with E-state index in [-0.39, 0.29) is 0 Å². The zero-order valence-electron chi connectivity index (χ0n) is 5.41. The number of nitrogens with zero attached hydrogens (tertiary/aromatic N) is 1. The van der Waals surface area contributed by atoms with E-state index in [1.807, 2.05) is 6.07 Å². The Hall–Kier alpha value is 0.577. The summed E-state index contributed by atoms with van der Waals surface area (Å²) in [7, 11) is 0. The third-order valence-corrected chi connectivity index (χ3v) is 3.62. The Morgan fingerprint density at radius 1 is 1.20 bits per heavy atom. The highest BCUT2D eigenvalue weighted by Gasteiger charge is 2.23. The minimum atomic E-state index is -2.40. The Morgan fingerprint density at radius 2 is 1.80 bits per heavy atom. The molecule has 0 saturated carbocycles. The van der Waals surface area contributed by atoms with E-state index in [4.69, 9.17) is 38.5 Å². The Labute approximate surface area is 76.0 Å². The van der Waals surface area contributed by atoms with Crippen LogP contribution in [-0.2, 0) is 0 Å². The van der Waals surface area contributed by atoms with E-state index in [9.17, 15) is 0 Å². The van der Waals surface area contributed by atoms with Crippen molar-refractivity contribution in [1.29, 1.82) is 5.26 Å². The number of rotatable bonds is 4. The molecule has 0 bridgehead atoms. The first-order valence-corrected chi connectivity index (χ1v) is 8.24. The van der Waals surface area contributed by atoms with Crippen LogP contribution in [0.5, 0.6) is 0 Å². The lowest BCUT2D eigenvalue weighted by Gasteiger charge is -2.04. The van der Waals surface area contributed by atoms with Crippen molar-refractivity contribution >= 4 is 39.2 Å². The van der Waals surface area contributed by atoms with Crippen molar-refractivity contribution in [2.24, 2.45) is 0 Å². The maximum absolute atomic E-state index is 8.16. The van der Waals surface area contributed by atoms with Crippen LogP contribution in [0.3, 0.4) is 0 Å². The van der Waals surface area contributed by atoms with Gasteiger partial charge in [0, 0.05) is 6.42 Å². The Morgan fingerprint density at radius 3 is 2.20 bits per heavy atom. The van der Waals surface area contributed by atoms with Crippen LogP contribution in [0, 0.1) is 11.3 Å². The molecule has 0 aliphatic heterocycles. The molecule has 0 amide bonds. The molecular formula is C5H8Cl3NSi. The van der Waals surface area contributed by atoms with Gasteiger partial charge in [-0.15, -0.1) is 33.2 Å². The fourth-order valence-corrected chi connectivity index (χ4v) is 2.38. The average Bonchev–Trinajstić information content (AvgIpc) is 1.78. The minimum Gasteiger partial charge on any atom is -0.198 e. The molecule has 0 N–H and O–H groups in total. The van der Waals surface area contributed by atoms with Gasteiger partial charge in [0.05, 0.1) is 6.07 Å². The largest absolute Gasteiger partial charge is 0.341 e. The summed E-state index contributed by atoms with van der Waals surface area (Å²) in [6.45, 7) is 0. The molecular weight excluding hydrogens is 209 g/mol. The highest BCUT2D eigenvalue weighted by atomic mass is 35.8. The van der Waals surface area contributed by atoms with Crippen LogP contribution in [0.25, 0.3) is 0 Å². The summed E-state index contributed by atoms with van der Waals surface area (Å²) in [6, 6.07) is 0.306. The number of nitriles is 1. The first kappa shape index (κ1) is 10.6. The van der Waals surface area contributed by atoms with E-state index in [1.54, 1.807) is 0 Å². The van der Waals surface area contributed by atoms with Gasteiger partial charge in [0.2, 0.25) is 0 Å². The fourth-order valence-electron chi connectivity index (χ4n) is 0.530. The second kappa shape index (κ2) is 5.26. The summed E-state index contributed by atoms with van der Waals surface area (Å²) in [6.07, 6.45) is 2.27. The third-order valence-electron chi connectivity index (χ3n) is 0.999. The zero-order chi connectivity index (χ0) is 8.04. The molecule has 0 aromatic heterocycles. The molecule has 58 valence electrons. The van der Waals surface area contributed by atoms with Gasteiger partial charge >= 0.3 is 6.00 Å². The number of hydrogen-bond acceptors (Lipinski definition) is 1. The van der Waals surface area contributed by atoms with E-state index < -0.39 is 6.00 Å². The van der Waals surface area contributed by atoms with E-state index in [1.165, 1.54) is 0 Å². The SMILES string of the molecule is N#CCCCC[Si](Cl)(Cl)Cl. The average molecular weight is 217 g/mol. The fraction of sp³-hybridized carbons (Fsp3) is 0.800. The number of halogens is 3. The lowest BCUT2D eigenvalue weighted by Crippen LogP contribution is -2.07. The number of hydrogen-bond donors (Lipinski definition) is 0. The van der Waals surface area contributed by atoms with Crippen molar-refractivity contribution in [3.63, 3.8) is 0 Å². The van der Waals surface area contributed by atoms with Crippen molar-refractivity contribution in [3.8, 4) is 6.07 Å². The molecule has 0 aliphatic carbocycles. The van der Waals surface area contributed by atoms with E-state index in [2.05, 4.69) is 0 Å². The van der Waals surface area contributed by atoms with Crippen LogP contribution >= 0.6 is 33.2 Å². The van der Waals surface area contributed by atoms with Gasteiger partial charge in [-0.1, -0.05) is 6.42 Å². The van der Waals surface area contributed by atoms with Crippen molar-refractivity contribution in [2.45, 2.75) is 25.3 Å². The van der Waals surface area contributed by atoms with Crippen LogP contribution in [0.2, 0.25) is 6.04 Å². The van der Waals surface area contributed by atoms with Gasteiger partial charge in [-0.05, 0) is 12.5 Å². The van der Waals surface area contributed by atoms with Gasteiger partial charge in [0.15, 0.2) is 0 Å². The van der Waals surface area contributed by atoms with Crippen molar-refractivity contribution < 1.29 is 0 Å². The maximum Gasteiger partial charge on any atom is 0.341 e. The van der Waals surface area contributed by atoms with Gasteiger partial charge in [0.25, 0.3) is 0 Å². The maximum atomic E-state index is 8.16. The van der Waals surface area contributed by atoms with Gasteiger partial charge in [-0.2, -0.15) is 5.26 Å². The van der Waals surface area contributed by atoms with Gasteiger partial charge in [-0.3, -0.25) is 0 Å². The highest BCUT2D eigenvalue weighted by molar-refractivity contribution is 7.64. The van der Waals surface area contributed by atoms with Gasteiger partial charge in [-0.25, -0.2) is 0 Å². The Balaban J connectivity index is 3.14. The molecule has 5 heteroatoms. The molecule has 0 rings (SSSR count). The zero-order valence-corrected chi connectivity index (χ0v) is 8.68. The Kier molecular flexibility index (Phi) is 5.56. The van der Waals surface area contributed by atoms with E-state index in [0.717, 1.165) is 12.8 Å². The molecule has 0 saturated heterocycles. The molecule has 0 unspecified atom stereocenters. The van der Waals surface area contributed by atoms with Crippen LogP contribution in [0.15, 0.2) is 0 Å². The molecule has 0 aromatic carbocycles. The van der Waals surface area contributed by atoms with Crippen molar-refractivity contribution in [2.75, 3.05) is 0 Å². The lowest BCUT2D eigenvalue weighted by molar-refractivity contribution is 0.817. The first-order valence-electron chi connectivity index (χ1n) is 3.00. The monoisotopic (exact) mass is 215 g/mol. The molecule has 1 nitrogen and oxygen atoms in total. The third kappa shape index (κ3) is 8.58. The molecule has 0 radical (unpaired) electrons. The van der Waals surface area contributed by atoms with Gasteiger partial charge in [0.1, 0.15) is 0 Å². The molecule has 0 aliphatic rings. The summed E-state index contributed by atoms with van der Waals surface area (Å²) in [5.74, 6) is 0. The molecule has 0 heterocycles. The normalized spacial score (nSPS) is 11.0. The number of unbranched alkanes of at least 4 members (excludes halogenated alkanes) is 2. The van der Waals surface area contributed by atoms with E-state index in [0.29, 0.717) is 12.5 Å². The quantitative estimate of drug-likeness (QED) is 0.402. The summed E-state index contributed by atoms with van der Waals surface area (Å²) in [4.78, 5) is 0. The molecule has 0 atom stereocenters. The molecule has 0 fully saturated rings. The standard InChI is InChI=1S/C5H8Cl3NSi/c6-10(7,8)5-3-1-2-4-9/h1-3,5H2. The summed E-state index contributed by atoms with van der Waals surface area (Å²) in [5.41, 5.74) is 0. The van der Waals surface area contributed by atoms with Crippen LogP contribution in [0.4, 0.5) is 0 Å². The summed E-state index contributed by atoms with van der Waals surface area (Å²) < 4.78 is 0. The lowest BCUT2D eigenvalue weighted by atomic mass is 10.3. The van der Waals surface area contributed by atoms with Crippen LogP contribution in [-0.4, -0.2) is 6.00 Å². The molecule has 0 spiro atoms. The Bertz CT molecular complexity index is 126. The minimum absolute atomic E-state index is 0.565. The van der Waals surface area contributed by atoms with Crippen molar-refractivity contribution in [1.82, 2.24) is 0 Å². The summed E-state index contributed by atoms with van der Waals surface area (Å²) >= 11 is 16.8. The topological polar surface area (TPSA) is 23.8 Å². The van der Waals surface area contributed by atoms with Crippen LogP contribution in [0.1, 0.15) is 19.3 Å². The predicted octanol–water partition coefficient (Wildman–Crippen LogP) is 3.34. The molecule has 10 heavy (non-hydrogen) atoms. The summed E-state index contributed by atoms with van der Waals surface area (Å²) in [5, 5.41) is 8.16. The van der Waals surface area contributed by atoms with Crippen LogP contribution < -0.4 is 0 Å². The smallest absolute Gasteiger partial charge is 0.198 e.